The molecule has 150 valence electrons. The number of carbonyl (C=O) groups is 2. The van der Waals surface area contributed by atoms with Crippen molar-refractivity contribution in [2.24, 2.45) is 0 Å². The average Bonchev–Trinajstić information content (AvgIpc) is 2.93. The van der Waals surface area contributed by atoms with Gasteiger partial charge in [0.1, 0.15) is 5.82 Å². The number of rotatable bonds is 4. The summed E-state index contributed by atoms with van der Waals surface area (Å²) in [5, 5.41) is 0. The Kier molecular flexibility index (Phi) is 7.81. The van der Waals surface area contributed by atoms with Gasteiger partial charge < -0.3 is 15.5 Å². The Hall–Kier alpha value is -2.60. The number of anilines is 1. The number of amides is 2. The minimum Gasteiger partial charge on any atom is -0.399 e. The number of benzene rings is 2. The lowest BCUT2D eigenvalue weighted by atomic mass is 10.1. The molecule has 28 heavy (non-hydrogen) atoms. The van der Waals surface area contributed by atoms with Crippen molar-refractivity contribution in [2.45, 2.75) is 19.3 Å². The molecular weight excluding hydrogens is 381 g/mol. The standard InChI is InChI=1S/C21H24FN3O2.ClH/c22-18-8-3-2-7-17(18)21(27)25-13-5-12-24(14-15-25)20(26)11-10-16-6-1-4-9-19(16)23;/h1-4,6-9H,5,10-15,23H2;1H. The molecule has 1 heterocycles. The Bertz CT molecular complexity index is 831. The Balaban J connectivity index is 0.00000280. The second kappa shape index (κ2) is 10.1. The van der Waals surface area contributed by atoms with Gasteiger partial charge in [0.05, 0.1) is 5.56 Å². The zero-order valence-electron chi connectivity index (χ0n) is 15.6. The largest absolute Gasteiger partial charge is 0.399 e. The van der Waals surface area contributed by atoms with Crippen LogP contribution in [0.4, 0.5) is 10.1 Å². The van der Waals surface area contributed by atoms with Crippen LogP contribution in [-0.4, -0.2) is 47.8 Å². The summed E-state index contributed by atoms with van der Waals surface area (Å²) in [6.45, 7) is 1.99. The molecule has 5 nitrogen and oxygen atoms in total. The van der Waals surface area contributed by atoms with Crippen molar-refractivity contribution < 1.29 is 14.0 Å². The van der Waals surface area contributed by atoms with Crippen LogP contribution in [-0.2, 0) is 11.2 Å². The minimum atomic E-state index is -0.514. The van der Waals surface area contributed by atoms with Crippen molar-refractivity contribution in [1.29, 1.82) is 0 Å². The van der Waals surface area contributed by atoms with Gasteiger partial charge in [-0.05, 0) is 36.6 Å². The number of carbonyl (C=O) groups excluding carboxylic acids is 2. The fourth-order valence-electron chi connectivity index (χ4n) is 3.34. The van der Waals surface area contributed by atoms with Crippen molar-refractivity contribution >= 4 is 29.9 Å². The Morgan fingerprint density at radius 1 is 0.929 bits per heavy atom. The SMILES string of the molecule is Cl.Nc1ccccc1CCC(=O)N1CCCN(C(=O)c2ccccc2F)CC1. The van der Waals surface area contributed by atoms with Crippen LogP contribution in [0, 0.1) is 5.82 Å². The monoisotopic (exact) mass is 405 g/mol. The van der Waals surface area contributed by atoms with E-state index in [1.54, 1.807) is 21.9 Å². The molecule has 1 saturated heterocycles. The molecule has 7 heteroatoms. The summed E-state index contributed by atoms with van der Waals surface area (Å²) in [6.07, 6.45) is 1.66. The van der Waals surface area contributed by atoms with E-state index in [-0.39, 0.29) is 29.8 Å². The summed E-state index contributed by atoms with van der Waals surface area (Å²) >= 11 is 0. The van der Waals surface area contributed by atoms with Gasteiger partial charge in [-0.25, -0.2) is 4.39 Å². The van der Waals surface area contributed by atoms with E-state index >= 15 is 0 Å². The van der Waals surface area contributed by atoms with Gasteiger partial charge >= 0.3 is 0 Å². The van der Waals surface area contributed by atoms with E-state index < -0.39 is 5.82 Å². The van der Waals surface area contributed by atoms with Crippen molar-refractivity contribution in [3.63, 3.8) is 0 Å². The second-order valence-electron chi connectivity index (χ2n) is 6.71. The van der Waals surface area contributed by atoms with Crippen molar-refractivity contribution in [1.82, 2.24) is 9.80 Å². The van der Waals surface area contributed by atoms with Crippen LogP contribution in [0.3, 0.4) is 0 Å². The summed E-state index contributed by atoms with van der Waals surface area (Å²) in [5.41, 5.74) is 7.68. The number of nitrogen functional groups attached to an aromatic ring is 1. The fraction of sp³-hybridized carbons (Fsp3) is 0.333. The van der Waals surface area contributed by atoms with Crippen molar-refractivity contribution in [3.8, 4) is 0 Å². The number of hydrogen-bond donors (Lipinski definition) is 1. The number of hydrogen-bond acceptors (Lipinski definition) is 3. The highest BCUT2D eigenvalue weighted by Gasteiger charge is 2.24. The van der Waals surface area contributed by atoms with Crippen LogP contribution in [0.15, 0.2) is 48.5 Å². The van der Waals surface area contributed by atoms with Gasteiger partial charge in [-0.1, -0.05) is 30.3 Å². The van der Waals surface area contributed by atoms with Gasteiger partial charge in [-0.3, -0.25) is 9.59 Å². The van der Waals surface area contributed by atoms with Crippen LogP contribution in [0.2, 0.25) is 0 Å². The average molecular weight is 406 g/mol. The number of aryl methyl sites for hydroxylation is 1. The molecule has 2 aromatic carbocycles. The molecule has 1 aliphatic heterocycles. The first-order valence-corrected chi connectivity index (χ1v) is 9.21. The van der Waals surface area contributed by atoms with Crippen LogP contribution >= 0.6 is 12.4 Å². The molecule has 0 atom stereocenters. The van der Waals surface area contributed by atoms with E-state index in [9.17, 15) is 14.0 Å². The predicted octanol–water partition coefficient (Wildman–Crippen LogP) is 3.14. The summed E-state index contributed by atoms with van der Waals surface area (Å²) < 4.78 is 13.9. The Labute approximate surface area is 170 Å². The van der Waals surface area contributed by atoms with Gasteiger partial charge in [0.25, 0.3) is 5.91 Å². The van der Waals surface area contributed by atoms with Crippen molar-refractivity contribution in [2.75, 3.05) is 31.9 Å². The van der Waals surface area contributed by atoms with Crippen molar-refractivity contribution in [3.05, 3.63) is 65.5 Å². The fourth-order valence-corrected chi connectivity index (χ4v) is 3.34. The molecule has 1 fully saturated rings. The maximum atomic E-state index is 13.9. The molecule has 0 spiro atoms. The molecule has 0 saturated carbocycles. The van der Waals surface area contributed by atoms with E-state index in [2.05, 4.69) is 0 Å². The van der Waals surface area contributed by atoms with Gasteiger partial charge in [0, 0.05) is 38.3 Å². The summed E-state index contributed by atoms with van der Waals surface area (Å²) in [4.78, 5) is 28.5. The maximum absolute atomic E-state index is 13.9. The Morgan fingerprint density at radius 3 is 2.32 bits per heavy atom. The lowest BCUT2D eigenvalue weighted by molar-refractivity contribution is -0.131. The first kappa shape index (κ1) is 21.7. The third kappa shape index (κ3) is 5.23. The van der Waals surface area contributed by atoms with Crippen LogP contribution < -0.4 is 5.73 Å². The number of para-hydroxylation sites is 1. The smallest absolute Gasteiger partial charge is 0.256 e. The molecule has 2 aromatic rings. The van der Waals surface area contributed by atoms with E-state index in [4.69, 9.17) is 5.73 Å². The zero-order valence-corrected chi connectivity index (χ0v) is 16.5. The molecule has 0 radical (unpaired) electrons. The molecular formula is C21H25ClFN3O2. The maximum Gasteiger partial charge on any atom is 0.256 e. The van der Waals surface area contributed by atoms with Gasteiger partial charge in [0.15, 0.2) is 0 Å². The molecule has 0 bridgehead atoms. The van der Waals surface area contributed by atoms with Crippen LogP contribution in [0.5, 0.6) is 0 Å². The second-order valence-corrected chi connectivity index (χ2v) is 6.71. The normalized spacial score (nSPS) is 14.2. The van der Waals surface area contributed by atoms with Crippen LogP contribution in [0.25, 0.3) is 0 Å². The first-order valence-electron chi connectivity index (χ1n) is 9.21. The minimum absolute atomic E-state index is 0. The molecule has 0 aromatic heterocycles. The van der Waals surface area contributed by atoms with E-state index in [0.717, 1.165) is 5.56 Å². The highest BCUT2D eigenvalue weighted by molar-refractivity contribution is 5.94. The number of nitrogens with zero attached hydrogens (tertiary/aromatic N) is 2. The third-order valence-corrected chi connectivity index (χ3v) is 4.90. The summed E-state index contributed by atoms with van der Waals surface area (Å²) in [5.74, 6) is -0.780. The highest BCUT2D eigenvalue weighted by atomic mass is 35.5. The Morgan fingerprint density at radius 2 is 1.57 bits per heavy atom. The molecule has 2 amide bonds. The van der Waals surface area contributed by atoms with Gasteiger partial charge in [-0.2, -0.15) is 0 Å². The number of halogens is 2. The van der Waals surface area contributed by atoms with Gasteiger partial charge in [0.2, 0.25) is 5.91 Å². The zero-order chi connectivity index (χ0) is 19.2. The van der Waals surface area contributed by atoms with E-state index in [0.29, 0.717) is 51.1 Å². The predicted molar refractivity (Wildman–Crippen MR) is 110 cm³/mol. The third-order valence-electron chi connectivity index (χ3n) is 4.90. The molecule has 3 rings (SSSR count). The molecule has 2 N–H and O–H groups in total. The molecule has 1 aliphatic rings. The van der Waals surface area contributed by atoms with E-state index in [1.165, 1.54) is 12.1 Å². The summed E-state index contributed by atoms with van der Waals surface area (Å²) in [6, 6.07) is 13.5. The lowest BCUT2D eigenvalue weighted by Gasteiger charge is -2.22. The first-order chi connectivity index (χ1) is 13.1. The van der Waals surface area contributed by atoms with Crippen LogP contribution in [0.1, 0.15) is 28.8 Å². The topological polar surface area (TPSA) is 66.6 Å². The quantitative estimate of drug-likeness (QED) is 0.794. The van der Waals surface area contributed by atoms with Gasteiger partial charge in [-0.15, -0.1) is 12.4 Å². The summed E-state index contributed by atoms with van der Waals surface area (Å²) in [7, 11) is 0. The van der Waals surface area contributed by atoms with E-state index in [1.807, 2.05) is 24.3 Å². The number of nitrogens with two attached hydrogens (primary N) is 1. The molecule has 0 aliphatic carbocycles. The lowest BCUT2D eigenvalue weighted by Crippen LogP contribution is -2.37. The molecule has 0 unspecified atom stereocenters. The highest BCUT2D eigenvalue weighted by Crippen LogP contribution is 2.15.